The Hall–Kier alpha value is -4.50. The van der Waals surface area contributed by atoms with Crippen LogP contribution in [0, 0.1) is 5.82 Å². The second kappa shape index (κ2) is 13.8. The first-order chi connectivity index (χ1) is 23.7. The van der Waals surface area contributed by atoms with Crippen LogP contribution in [0.25, 0.3) is 11.3 Å². The second-order valence-corrected chi connectivity index (χ2v) is 14.1. The third-order valence-corrected chi connectivity index (χ3v) is 10.6. The number of amides is 2. The number of halogens is 2. The first-order valence-corrected chi connectivity index (χ1v) is 17.7. The van der Waals surface area contributed by atoms with Gasteiger partial charge in [-0.3, -0.25) is 19.6 Å². The van der Waals surface area contributed by atoms with E-state index in [-0.39, 0.29) is 28.5 Å². The van der Waals surface area contributed by atoms with Crippen LogP contribution < -0.4 is 10.2 Å². The zero-order valence-corrected chi connectivity index (χ0v) is 28.9. The quantitative estimate of drug-likeness (QED) is 0.231. The Morgan fingerprint density at radius 3 is 2.65 bits per heavy atom. The summed E-state index contributed by atoms with van der Waals surface area (Å²) in [5, 5.41) is 8.50. The molecule has 252 valence electrons. The highest BCUT2D eigenvalue weighted by molar-refractivity contribution is 7.14. The van der Waals surface area contributed by atoms with Gasteiger partial charge in [-0.05, 0) is 24.6 Å². The molecule has 3 aliphatic heterocycles. The Bertz CT molecular complexity index is 1980. The number of hydrogen-bond donors (Lipinski definition) is 1. The van der Waals surface area contributed by atoms with Crippen LogP contribution >= 0.6 is 34.3 Å². The maximum absolute atomic E-state index is 14.0. The molecule has 2 atom stereocenters. The summed E-state index contributed by atoms with van der Waals surface area (Å²) in [5.74, 6) is -0.501. The number of ketones is 1. The SMILES string of the molecule is COC(=O)C1=C(CN2CCN3C(=O)N(c4nc(-c5ccc(CC(C)=O)cc5)cs4)C[C@@H]3C2)NC(c2nccs2)=N[C@H]1c1ccc(F)cc1Cl. The van der Waals surface area contributed by atoms with Gasteiger partial charge in [0.1, 0.15) is 17.6 Å². The lowest BCUT2D eigenvalue weighted by Gasteiger charge is -2.38. The molecule has 5 heterocycles. The number of aliphatic imine (C=N–C) groups is 1. The number of nitrogens with zero attached hydrogens (tertiary/aromatic N) is 6. The number of anilines is 1. The Labute approximate surface area is 294 Å². The van der Waals surface area contributed by atoms with Crippen molar-refractivity contribution in [1.29, 1.82) is 0 Å². The average Bonchev–Trinajstić information content (AvgIpc) is 3.86. The van der Waals surface area contributed by atoms with Gasteiger partial charge in [0.25, 0.3) is 0 Å². The number of benzene rings is 2. The number of esters is 1. The third kappa shape index (κ3) is 6.73. The molecule has 4 aromatic rings. The smallest absolute Gasteiger partial charge is 0.338 e. The summed E-state index contributed by atoms with van der Waals surface area (Å²) in [5.41, 5.74) is 3.95. The van der Waals surface area contributed by atoms with Crippen LogP contribution in [-0.2, 0) is 20.7 Å². The fourth-order valence-corrected chi connectivity index (χ4v) is 8.06. The molecule has 2 amide bonds. The largest absolute Gasteiger partial charge is 0.466 e. The number of methoxy groups -OCH3 is 1. The highest BCUT2D eigenvalue weighted by atomic mass is 35.5. The third-order valence-electron chi connectivity index (χ3n) is 8.67. The minimum Gasteiger partial charge on any atom is -0.466 e. The number of hydrogen-bond acceptors (Lipinski definition) is 11. The lowest BCUT2D eigenvalue weighted by Crippen LogP contribution is -2.53. The predicted octanol–water partition coefficient (Wildman–Crippen LogP) is 5.34. The molecule has 0 spiro atoms. The molecule has 0 unspecified atom stereocenters. The molecular weight excluding hydrogens is 689 g/mol. The molecule has 2 aromatic heterocycles. The van der Waals surface area contributed by atoms with E-state index >= 15 is 0 Å². The van der Waals surface area contributed by atoms with Crippen LogP contribution in [0.3, 0.4) is 0 Å². The first kappa shape index (κ1) is 33.0. The maximum atomic E-state index is 14.0. The van der Waals surface area contributed by atoms with Crippen LogP contribution in [-0.4, -0.2) is 89.3 Å². The van der Waals surface area contributed by atoms with Gasteiger partial charge in [-0.25, -0.2) is 23.9 Å². The summed E-state index contributed by atoms with van der Waals surface area (Å²) in [4.78, 5) is 58.2. The van der Waals surface area contributed by atoms with Crippen molar-refractivity contribution in [2.45, 2.75) is 25.4 Å². The molecule has 0 radical (unpaired) electrons. The molecule has 2 saturated heterocycles. The van der Waals surface area contributed by atoms with E-state index in [1.165, 1.54) is 48.0 Å². The summed E-state index contributed by atoms with van der Waals surface area (Å²) in [6.07, 6.45) is 2.06. The van der Waals surface area contributed by atoms with Crippen LogP contribution in [0.5, 0.6) is 0 Å². The number of carbonyl (C=O) groups excluding carboxylic acids is 3. The summed E-state index contributed by atoms with van der Waals surface area (Å²) in [6, 6.07) is 10.7. The van der Waals surface area contributed by atoms with Gasteiger partial charge in [0.15, 0.2) is 16.0 Å². The molecule has 0 bridgehead atoms. The minimum absolute atomic E-state index is 0.0863. The van der Waals surface area contributed by atoms with Crippen LogP contribution in [0.1, 0.15) is 29.1 Å². The zero-order chi connectivity index (χ0) is 34.2. The van der Waals surface area contributed by atoms with Crippen molar-refractivity contribution in [3.05, 3.63) is 97.7 Å². The van der Waals surface area contributed by atoms with E-state index in [0.29, 0.717) is 66.4 Å². The lowest BCUT2D eigenvalue weighted by molar-refractivity contribution is -0.136. The molecule has 3 aliphatic rings. The maximum Gasteiger partial charge on any atom is 0.338 e. The Kier molecular flexibility index (Phi) is 9.29. The Morgan fingerprint density at radius 1 is 1.12 bits per heavy atom. The standard InChI is InChI=1S/C34H31ClFN7O4S2/c1-19(44)13-20-3-5-21(6-4-20)27-18-49-33(39-27)43-16-23-15-41(10-11-42(23)34(43)46)17-26-28(32(45)47-2)29(24-8-7-22(36)14-25(24)35)40-30(38-26)31-37-9-12-48-31/h3-9,12,14,18,23,29H,10-11,13,15-17H2,1-2H3,(H,38,40)/t23-,29-/m0/s1. The van der Waals surface area contributed by atoms with E-state index in [4.69, 9.17) is 26.3 Å². The number of ether oxygens (including phenoxy) is 1. The van der Waals surface area contributed by atoms with E-state index < -0.39 is 17.8 Å². The molecular formula is C34H31ClFN7O4S2. The first-order valence-electron chi connectivity index (χ1n) is 15.5. The van der Waals surface area contributed by atoms with E-state index in [2.05, 4.69) is 15.2 Å². The highest BCUT2D eigenvalue weighted by Crippen LogP contribution is 2.38. The molecule has 0 saturated carbocycles. The number of Topliss-reactive ketones (excluding diaryl/α,β-unsaturated/α-hetero) is 1. The van der Waals surface area contributed by atoms with Crippen molar-refractivity contribution in [2.24, 2.45) is 4.99 Å². The normalized spacial score (nSPS) is 19.5. The van der Waals surface area contributed by atoms with Gasteiger partial charge < -0.3 is 15.0 Å². The van der Waals surface area contributed by atoms with Crippen LogP contribution in [0.4, 0.5) is 14.3 Å². The van der Waals surface area contributed by atoms with Crippen LogP contribution in [0.15, 0.2) is 75.7 Å². The molecule has 1 N–H and O–H groups in total. The molecule has 0 aliphatic carbocycles. The molecule has 7 rings (SSSR count). The molecule has 15 heteroatoms. The zero-order valence-electron chi connectivity index (χ0n) is 26.6. The van der Waals surface area contributed by atoms with Gasteiger partial charge in [-0.2, -0.15) is 0 Å². The Balaban J connectivity index is 1.11. The molecule has 49 heavy (non-hydrogen) atoms. The van der Waals surface area contributed by atoms with Gasteiger partial charge in [-0.15, -0.1) is 22.7 Å². The van der Waals surface area contributed by atoms with Crippen LogP contribution in [0.2, 0.25) is 5.02 Å². The number of urea groups is 1. The van der Waals surface area contributed by atoms with Crippen molar-refractivity contribution < 1.29 is 23.5 Å². The minimum atomic E-state index is -0.857. The van der Waals surface area contributed by atoms with Gasteiger partial charge in [0.2, 0.25) is 0 Å². The van der Waals surface area contributed by atoms with Crippen molar-refractivity contribution >= 4 is 63.0 Å². The second-order valence-electron chi connectivity index (χ2n) is 12.0. The van der Waals surface area contributed by atoms with E-state index in [1.54, 1.807) is 18.0 Å². The summed E-state index contributed by atoms with van der Waals surface area (Å²) in [6.45, 7) is 4.00. The number of rotatable bonds is 9. The number of piperazine rings is 1. The summed E-state index contributed by atoms with van der Waals surface area (Å²) >= 11 is 9.31. The number of nitrogens with one attached hydrogen (secondary N) is 1. The van der Waals surface area contributed by atoms with Gasteiger partial charge in [0, 0.05) is 71.4 Å². The fourth-order valence-electron chi connectivity index (χ4n) is 6.37. The highest BCUT2D eigenvalue weighted by Gasteiger charge is 2.43. The number of carbonyl (C=O) groups is 3. The number of fused-ring (bicyclic) bond motifs is 1. The van der Waals surface area contributed by atoms with Gasteiger partial charge >= 0.3 is 12.0 Å². The van der Waals surface area contributed by atoms with Gasteiger partial charge in [0.05, 0.1) is 31.0 Å². The summed E-state index contributed by atoms with van der Waals surface area (Å²) in [7, 11) is 1.31. The van der Waals surface area contributed by atoms with E-state index in [9.17, 15) is 18.8 Å². The lowest BCUT2D eigenvalue weighted by atomic mass is 9.95. The number of aromatic nitrogens is 2. The topological polar surface area (TPSA) is 120 Å². The van der Waals surface area contributed by atoms with Crippen molar-refractivity contribution in [1.82, 2.24) is 25.1 Å². The average molecular weight is 720 g/mol. The number of thiazole rings is 2. The van der Waals surface area contributed by atoms with E-state index in [0.717, 1.165) is 16.8 Å². The monoisotopic (exact) mass is 719 g/mol. The summed E-state index contributed by atoms with van der Waals surface area (Å²) < 4.78 is 19.2. The predicted molar refractivity (Wildman–Crippen MR) is 187 cm³/mol. The molecule has 2 fully saturated rings. The Morgan fingerprint density at radius 2 is 1.94 bits per heavy atom. The van der Waals surface area contributed by atoms with Crippen molar-refractivity contribution in [3.63, 3.8) is 0 Å². The molecule has 11 nitrogen and oxygen atoms in total. The number of amidine groups is 1. The van der Waals surface area contributed by atoms with Crippen molar-refractivity contribution in [3.8, 4) is 11.3 Å². The fraction of sp³-hybridized carbons (Fsp3) is 0.294. The molecule has 2 aromatic carbocycles. The van der Waals surface area contributed by atoms with Crippen molar-refractivity contribution in [2.75, 3.05) is 44.7 Å². The van der Waals surface area contributed by atoms with Gasteiger partial charge in [-0.1, -0.05) is 41.9 Å². The van der Waals surface area contributed by atoms with E-state index in [1.807, 2.05) is 39.9 Å².